The topological polar surface area (TPSA) is 59.6 Å². The summed E-state index contributed by atoms with van der Waals surface area (Å²) in [6.45, 7) is 6.82. The first-order chi connectivity index (χ1) is 8.13. The standard InChI is InChI=1S/C11H22N2O3S/c1-4-7-8-16-9(5-2)12-10(17)13-11(14)15-6-3/h9H,4-8H2,1-3H3,(H2,12,13,14,17). The second-order valence-corrected chi connectivity index (χ2v) is 3.85. The number of hydrogen-bond acceptors (Lipinski definition) is 4. The maximum atomic E-state index is 11.1. The Labute approximate surface area is 108 Å². The molecule has 1 amide bonds. The van der Waals surface area contributed by atoms with Crippen molar-refractivity contribution in [2.24, 2.45) is 0 Å². The van der Waals surface area contributed by atoms with Crippen LogP contribution in [0.3, 0.4) is 0 Å². The molecule has 0 aromatic rings. The molecule has 0 aromatic heterocycles. The molecule has 17 heavy (non-hydrogen) atoms. The van der Waals surface area contributed by atoms with Gasteiger partial charge in [-0.05, 0) is 32.0 Å². The lowest BCUT2D eigenvalue weighted by Crippen LogP contribution is -2.45. The van der Waals surface area contributed by atoms with Crippen molar-refractivity contribution in [3.8, 4) is 0 Å². The zero-order valence-electron chi connectivity index (χ0n) is 10.7. The van der Waals surface area contributed by atoms with E-state index in [0.29, 0.717) is 13.2 Å². The number of carbonyl (C=O) groups is 1. The van der Waals surface area contributed by atoms with E-state index in [4.69, 9.17) is 21.7 Å². The van der Waals surface area contributed by atoms with Gasteiger partial charge in [0.15, 0.2) is 5.11 Å². The molecule has 5 nitrogen and oxygen atoms in total. The number of rotatable bonds is 7. The summed E-state index contributed by atoms with van der Waals surface area (Å²) in [6, 6.07) is 0. The minimum Gasteiger partial charge on any atom is -0.450 e. The van der Waals surface area contributed by atoms with E-state index in [2.05, 4.69) is 17.6 Å². The first-order valence-electron chi connectivity index (χ1n) is 5.99. The normalized spacial score (nSPS) is 11.7. The van der Waals surface area contributed by atoms with Crippen LogP contribution >= 0.6 is 12.2 Å². The zero-order chi connectivity index (χ0) is 13.1. The van der Waals surface area contributed by atoms with Crippen molar-refractivity contribution in [3.05, 3.63) is 0 Å². The monoisotopic (exact) mass is 262 g/mol. The van der Waals surface area contributed by atoms with Crippen LogP contribution in [0.1, 0.15) is 40.0 Å². The fourth-order valence-corrected chi connectivity index (χ4v) is 1.29. The molecule has 0 aliphatic carbocycles. The van der Waals surface area contributed by atoms with Crippen LogP contribution in [0.5, 0.6) is 0 Å². The maximum absolute atomic E-state index is 11.1. The number of unbranched alkanes of at least 4 members (excludes halogenated alkanes) is 1. The molecule has 0 saturated heterocycles. The number of thiocarbonyl (C=S) groups is 1. The van der Waals surface area contributed by atoms with Gasteiger partial charge in [-0.15, -0.1) is 0 Å². The van der Waals surface area contributed by atoms with E-state index in [1.807, 2.05) is 6.92 Å². The Bertz CT molecular complexity index is 237. The summed E-state index contributed by atoms with van der Waals surface area (Å²) in [5.41, 5.74) is 0. The summed E-state index contributed by atoms with van der Waals surface area (Å²) in [5.74, 6) is 0. The molecule has 2 N–H and O–H groups in total. The summed E-state index contributed by atoms with van der Waals surface area (Å²) in [6.07, 6.45) is 2.15. The Morgan fingerprint density at radius 2 is 2.06 bits per heavy atom. The molecule has 0 heterocycles. The molecule has 100 valence electrons. The average Bonchev–Trinajstić information content (AvgIpc) is 2.28. The summed E-state index contributed by atoms with van der Waals surface area (Å²) < 4.78 is 10.3. The van der Waals surface area contributed by atoms with Crippen LogP contribution in [0.2, 0.25) is 0 Å². The lowest BCUT2D eigenvalue weighted by atomic mass is 10.3. The van der Waals surface area contributed by atoms with Gasteiger partial charge in [0.05, 0.1) is 6.61 Å². The van der Waals surface area contributed by atoms with Crippen molar-refractivity contribution < 1.29 is 14.3 Å². The predicted octanol–water partition coefficient (Wildman–Crippen LogP) is 2.16. The first-order valence-corrected chi connectivity index (χ1v) is 6.40. The second-order valence-electron chi connectivity index (χ2n) is 3.44. The van der Waals surface area contributed by atoms with Crippen LogP contribution in [-0.2, 0) is 9.47 Å². The minimum atomic E-state index is -0.548. The smallest absolute Gasteiger partial charge is 0.413 e. The highest BCUT2D eigenvalue weighted by atomic mass is 32.1. The number of nitrogens with one attached hydrogen (secondary N) is 2. The van der Waals surface area contributed by atoms with Crippen LogP contribution < -0.4 is 10.6 Å². The van der Waals surface area contributed by atoms with Crippen LogP contribution in [0.25, 0.3) is 0 Å². The summed E-state index contributed by atoms with van der Waals surface area (Å²) >= 11 is 4.96. The quantitative estimate of drug-likeness (QED) is 0.418. The first kappa shape index (κ1) is 16.1. The third-order valence-electron chi connectivity index (χ3n) is 1.97. The summed E-state index contributed by atoms with van der Waals surface area (Å²) in [7, 11) is 0. The molecule has 0 fully saturated rings. The van der Waals surface area contributed by atoms with E-state index >= 15 is 0 Å². The third kappa shape index (κ3) is 8.88. The Morgan fingerprint density at radius 1 is 1.35 bits per heavy atom. The summed E-state index contributed by atoms with van der Waals surface area (Å²) in [4.78, 5) is 11.1. The van der Waals surface area contributed by atoms with Gasteiger partial charge in [-0.3, -0.25) is 5.32 Å². The molecule has 0 aliphatic rings. The highest BCUT2D eigenvalue weighted by molar-refractivity contribution is 7.80. The number of carbonyl (C=O) groups excluding carboxylic acids is 1. The van der Waals surface area contributed by atoms with Gasteiger partial charge in [0.1, 0.15) is 6.23 Å². The van der Waals surface area contributed by atoms with Gasteiger partial charge in [0.25, 0.3) is 0 Å². The molecule has 0 bridgehead atoms. The SMILES string of the molecule is CCCCOC(CC)NC(=S)NC(=O)OCC. The Kier molecular flexibility index (Phi) is 9.75. The Morgan fingerprint density at radius 3 is 2.59 bits per heavy atom. The Balaban J connectivity index is 3.85. The molecular weight excluding hydrogens is 240 g/mol. The molecule has 0 aliphatic heterocycles. The fraction of sp³-hybridized carbons (Fsp3) is 0.818. The van der Waals surface area contributed by atoms with E-state index in [-0.39, 0.29) is 11.3 Å². The van der Waals surface area contributed by atoms with Crippen LogP contribution in [0.4, 0.5) is 4.79 Å². The van der Waals surface area contributed by atoms with Gasteiger partial charge in [0, 0.05) is 6.61 Å². The Hall–Kier alpha value is -0.880. The fourth-order valence-electron chi connectivity index (χ4n) is 1.07. The van der Waals surface area contributed by atoms with E-state index in [1.54, 1.807) is 6.92 Å². The van der Waals surface area contributed by atoms with Gasteiger partial charge in [-0.2, -0.15) is 0 Å². The zero-order valence-corrected chi connectivity index (χ0v) is 11.6. The molecular formula is C11H22N2O3S. The molecule has 1 unspecified atom stereocenters. The average molecular weight is 262 g/mol. The lowest BCUT2D eigenvalue weighted by Gasteiger charge is -2.19. The van der Waals surface area contributed by atoms with E-state index in [9.17, 15) is 4.79 Å². The second kappa shape index (κ2) is 10.3. The van der Waals surface area contributed by atoms with E-state index < -0.39 is 6.09 Å². The lowest BCUT2D eigenvalue weighted by molar-refractivity contribution is 0.0388. The molecule has 0 radical (unpaired) electrons. The van der Waals surface area contributed by atoms with E-state index in [0.717, 1.165) is 19.3 Å². The number of alkyl carbamates (subject to hydrolysis) is 1. The van der Waals surface area contributed by atoms with Crippen molar-refractivity contribution in [1.82, 2.24) is 10.6 Å². The molecule has 1 atom stereocenters. The number of amides is 1. The predicted molar refractivity (Wildman–Crippen MR) is 70.8 cm³/mol. The van der Waals surface area contributed by atoms with Crippen molar-refractivity contribution in [3.63, 3.8) is 0 Å². The largest absolute Gasteiger partial charge is 0.450 e. The number of hydrogen-bond donors (Lipinski definition) is 2. The van der Waals surface area contributed by atoms with Gasteiger partial charge < -0.3 is 14.8 Å². The molecule has 6 heteroatoms. The molecule has 0 saturated carbocycles. The molecule has 0 aromatic carbocycles. The molecule has 0 rings (SSSR count). The number of ether oxygens (including phenoxy) is 2. The maximum Gasteiger partial charge on any atom is 0.413 e. The van der Waals surface area contributed by atoms with Crippen molar-refractivity contribution in [2.75, 3.05) is 13.2 Å². The van der Waals surface area contributed by atoms with Crippen molar-refractivity contribution >= 4 is 23.4 Å². The van der Waals surface area contributed by atoms with Gasteiger partial charge in [-0.25, -0.2) is 4.79 Å². The van der Waals surface area contributed by atoms with Gasteiger partial charge >= 0.3 is 6.09 Å². The summed E-state index contributed by atoms with van der Waals surface area (Å²) in [5, 5.41) is 5.56. The van der Waals surface area contributed by atoms with Gasteiger partial charge in [-0.1, -0.05) is 20.3 Å². The van der Waals surface area contributed by atoms with E-state index in [1.165, 1.54) is 0 Å². The van der Waals surface area contributed by atoms with Crippen molar-refractivity contribution in [1.29, 1.82) is 0 Å². The van der Waals surface area contributed by atoms with Crippen molar-refractivity contribution in [2.45, 2.75) is 46.3 Å². The highest BCUT2D eigenvalue weighted by Gasteiger charge is 2.10. The highest BCUT2D eigenvalue weighted by Crippen LogP contribution is 1.97. The van der Waals surface area contributed by atoms with Crippen LogP contribution in [0, 0.1) is 0 Å². The van der Waals surface area contributed by atoms with Crippen LogP contribution in [-0.4, -0.2) is 30.6 Å². The van der Waals surface area contributed by atoms with Crippen LogP contribution in [0.15, 0.2) is 0 Å². The molecule has 0 spiro atoms. The third-order valence-corrected chi connectivity index (χ3v) is 2.19. The minimum absolute atomic E-state index is 0.170. The van der Waals surface area contributed by atoms with Gasteiger partial charge in [0.2, 0.25) is 0 Å².